The highest BCUT2D eigenvalue weighted by atomic mass is 15.2. The van der Waals surface area contributed by atoms with Crippen molar-refractivity contribution in [3.63, 3.8) is 0 Å². The zero-order valence-electron chi connectivity index (χ0n) is 28.0. The van der Waals surface area contributed by atoms with Crippen LogP contribution in [0.25, 0.3) is 16.7 Å². The number of para-hydroxylation sites is 2. The highest BCUT2D eigenvalue weighted by Gasteiger charge is 2.49. The molecule has 0 aromatic heterocycles. The van der Waals surface area contributed by atoms with Gasteiger partial charge in [-0.05, 0) is 89.1 Å². The Hall–Kier alpha value is -5.08. The fourth-order valence-corrected chi connectivity index (χ4v) is 8.62. The molecule has 47 heavy (non-hydrogen) atoms. The van der Waals surface area contributed by atoms with Crippen LogP contribution < -0.4 is 9.80 Å². The van der Waals surface area contributed by atoms with Gasteiger partial charge in [-0.15, -0.1) is 0 Å². The average Bonchev–Trinajstić information content (AvgIpc) is 3.09. The number of allylic oxidation sites excluding steroid dienone is 4. The molecule has 9 rings (SSSR count). The predicted molar refractivity (Wildman–Crippen MR) is 199 cm³/mol. The zero-order valence-corrected chi connectivity index (χ0v) is 28.0. The molecule has 0 saturated heterocycles. The van der Waals surface area contributed by atoms with Crippen LogP contribution in [0.2, 0.25) is 0 Å². The van der Waals surface area contributed by atoms with E-state index in [1.165, 1.54) is 84.2 Å². The number of rotatable bonds is 4. The lowest BCUT2D eigenvalue weighted by atomic mass is 9.64. The summed E-state index contributed by atoms with van der Waals surface area (Å²) in [4.78, 5) is 5.09. The van der Waals surface area contributed by atoms with Gasteiger partial charge in [-0.2, -0.15) is 0 Å². The van der Waals surface area contributed by atoms with Crippen molar-refractivity contribution in [3.05, 3.63) is 167 Å². The summed E-state index contributed by atoms with van der Waals surface area (Å²) in [6.07, 6.45) is 6.68. The third kappa shape index (κ3) is 3.85. The van der Waals surface area contributed by atoms with E-state index in [-0.39, 0.29) is 10.8 Å². The third-order valence-electron chi connectivity index (χ3n) is 11.3. The van der Waals surface area contributed by atoms with Crippen LogP contribution in [0.3, 0.4) is 0 Å². The minimum atomic E-state index is -0.206. The molecule has 0 N–H and O–H groups in total. The highest BCUT2D eigenvalue weighted by Crippen LogP contribution is 2.65. The molecule has 2 heteroatoms. The highest BCUT2D eigenvalue weighted by molar-refractivity contribution is 6.07. The molecule has 2 nitrogen and oxygen atoms in total. The molecule has 3 heterocycles. The fraction of sp³-hybridized carbons (Fsp3) is 0.200. The van der Waals surface area contributed by atoms with Gasteiger partial charge in [0, 0.05) is 39.0 Å². The summed E-state index contributed by atoms with van der Waals surface area (Å²) in [7, 11) is 0. The molecule has 1 aliphatic carbocycles. The van der Waals surface area contributed by atoms with Crippen molar-refractivity contribution in [3.8, 4) is 11.1 Å². The van der Waals surface area contributed by atoms with Crippen molar-refractivity contribution in [2.24, 2.45) is 0 Å². The Balaban J connectivity index is 1.30. The number of hydrogen-bond acceptors (Lipinski definition) is 2. The van der Waals surface area contributed by atoms with E-state index in [0.29, 0.717) is 0 Å². The van der Waals surface area contributed by atoms with E-state index >= 15 is 0 Å². The molecule has 4 aliphatic rings. The minimum Gasteiger partial charge on any atom is -0.314 e. The van der Waals surface area contributed by atoms with Crippen LogP contribution in [-0.4, -0.2) is 0 Å². The van der Waals surface area contributed by atoms with Crippen LogP contribution in [0.15, 0.2) is 133 Å². The van der Waals surface area contributed by atoms with E-state index < -0.39 is 0 Å². The zero-order chi connectivity index (χ0) is 32.2. The van der Waals surface area contributed by atoms with Crippen LogP contribution in [-0.2, 0) is 10.8 Å². The molecule has 3 aliphatic heterocycles. The van der Waals surface area contributed by atoms with Gasteiger partial charge in [0.2, 0.25) is 0 Å². The first kappa shape index (κ1) is 28.2. The van der Waals surface area contributed by atoms with Crippen molar-refractivity contribution < 1.29 is 0 Å². The van der Waals surface area contributed by atoms with E-state index in [1.807, 2.05) is 0 Å². The largest absolute Gasteiger partial charge is 0.314 e. The van der Waals surface area contributed by atoms with Crippen LogP contribution in [0.1, 0.15) is 80.8 Å². The number of hydrogen-bond donors (Lipinski definition) is 0. The van der Waals surface area contributed by atoms with Gasteiger partial charge < -0.3 is 9.80 Å². The second kappa shape index (κ2) is 9.72. The molecule has 5 aromatic carbocycles. The maximum atomic E-state index is 4.82. The molecule has 0 saturated carbocycles. The topological polar surface area (TPSA) is 6.48 Å². The SMILES string of the molecule is C=C1c2cccc3c2N2c4c1cc(N(C1=CC=C(C)CC1)c1ccc(-c5ccccc5)cc1)cc4C(C)(C)c1cccc(c12)C3(C)C. The Morgan fingerprint density at radius 1 is 0.574 bits per heavy atom. The van der Waals surface area contributed by atoms with Crippen LogP contribution in [0, 0.1) is 0 Å². The van der Waals surface area contributed by atoms with Gasteiger partial charge in [0.1, 0.15) is 0 Å². The molecule has 0 fully saturated rings. The minimum absolute atomic E-state index is 0.111. The van der Waals surface area contributed by atoms with Crippen LogP contribution >= 0.6 is 0 Å². The quantitative estimate of drug-likeness (QED) is 0.196. The fourth-order valence-electron chi connectivity index (χ4n) is 8.62. The maximum Gasteiger partial charge on any atom is 0.0583 e. The van der Waals surface area contributed by atoms with Gasteiger partial charge in [-0.3, -0.25) is 0 Å². The molecule has 0 spiro atoms. The molecule has 0 atom stereocenters. The second-order valence-corrected chi connectivity index (χ2v) is 14.8. The first-order valence-electron chi connectivity index (χ1n) is 16.9. The predicted octanol–water partition coefficient (Wildman–Crippen LogP) is 12.2. The summed E-state index contributed by atoms with van der Waals surface area (Å²) in [6.45, 7) is 16.6. The Bertz CT molecular complexity index is 2210. The summed E-state index contributed by atoms with van der Waals surface area (Å²) < 4.78 is 0. The third-order valence-corrected chi connectivity index (χ3v) is 11.3. The first-order chi connectivity index (χ1) is 22.7. The van der Waals surface area contributed by atoms with E-state index in [4.69, 9.17) is 6.58 Å². The van der Waals surface area contributed by atoms with Gasteiger partial charge in [0.15, 0.2) is 0 Å². The van der Waals surface area contributed by atoms with Crippen molar-refractivity contribution in [2.45, 2.75) is 58.3 Å². The molecule has 0 amide bonds. The standard InChI is InChI=1S/C45H40N2/c1-28-18-22-32(23-19-28)46(33-24-20-31(21-25-33)30-12-8-7-9-13-30)34-26-36-29(2)35-14-10-15-37-41(35)47-42(36)40(27-34)45(5,6)39-17-11-16-38(43(39)47)44(37,3)4/h7-18,20-22,24-27H,2,19,23H2,1,3-6H3. The first-order valence-corrected chi connectivity index (χ1v) is 16.9. The van der Waals surface area contributed by atoms with Crippen molar-refractivity contribution in [2.75, 3.05) is 9.80 Å². The monoisotopic (exact) mass is 608 g/mol. The molecular weight excluding hydrogens is 569 g/mol. The van der Waals surface area contributed by atoms with E-state index in [2.05, 4.69) is 160 Å². The van der Waals surface area contributed by atoms with Gasteiger partial charge in [-0.25, -0.2) is 0 Å². The van der Waals surface area contributed by atoms with Crippen molar-refractivity contribution in [1.82, 2.24) is 0 Å². The Kier molecular flexibility index (Phi) is 5.82. The number of nitrogens with zero attached hydrogens (tertiary/aromatic N) is 2. The lowest BCUT2D eigenvalue weighted by molar-refractivity contribution is 0.596. The van der Waals surface area contributed by atoms with E-state index in [9.17, 15) is 0 Å². The molecule has 230 valence electrons. The lowest BCUT2D eigenvalue weighted by Crippen LogP contribution is -2.40. The summed E-state index contributed by atoms with van der Waals surface area (Å²) in [5, 5.41) is 0. The average molecular weight is 609 g/mol. The summed E-state index contributed by atoms with van der Waals surface area (Å²) in [5.74, 6) is 0. The van der Waals surface area contributed by atoms with Gasteiger partial charge in [0.25, 0.3) is 0 Å². The van der Waals surface area contributed by atoms with Crippen molar-refractivity contribution >= 4 is 34.0 Å². The van der Waals surface area contributed by atoms with Gasteiger partial charge in [0.05, 0.1) is 17.1 Å². The van der Waals surface area contributed by atoms with Crippen LogP contribution in [0.5, 0.6) is 0 Å². The maximum absolute atomic E-state index is 4.82. The molecule has 0 unspecified atom stereocenters. The lowest BCUT2D eigenvalue weighted by Gasteiger charge is -2.52. The molecular formula is C45H40N2. The van der Waals surface area contributed by atoms with E-state index in [0.717, 1.165) is 18.4 Å². The van der Waals surface area contributed by atoms with Crippen LogP contribution in [0.4, 0.5) is 28.4 Å². The second-order valence-electron chi connectivity index (χ2n) is 14.8. The number of benzene rings is 5. The summed E-state index contributed by atoms with van der Waals surface area (Å²) >= 11 is 0. The number of anilines is 5. The Morgan fingerprint density at radius 3 is 1.87 bits per heavy atom. The molecule has 0 bridgehead atoms. The normalized spacial score (nSPS) is 17.5. The molecule has 5 aromatic rings. The van der Waals surface area contributed by atoms with Gasteiger partial charge in [-0.1, -0.05) is 125 Å². The Morgan fingerprint density at radius 2 is 1.19 bits per heavy atom. The van der Waals surface area contributed by atoms with Gasteiger partial charge >= 0.3 is 0 Å². The van der Waals surface area contributed by atoms with E-state index in [1.54, 1.807) is 0 Å². The molecule has 0 radical (unpaired) electrons. The van der Waals surface area contributed by atoms with Crippen molar-refractivity contribution in [1.29, 1.82) is 0 Å². The smallest absolute Gasteiger partial charge is 0.0583 e. The summed E-state index contributed by atoms with van der Waals surface area (Å²) in [5.41, 5.74) is 20.3. The Labute approximate surface area is 279 Å². The summed E-state index contributed by atoms with van der Waals surface area (Å²) in [6, 6.07) is 38.4.